The highest BCUT2D eigenvalue weighted by Gasteiger charge is 2.16. The van der Waals surface area contributed by atoms with Crippen molar-refractivity contribution in [3.8, 4) is 11.5 Å². The largest absolute Gasteiger partial charge is 0.497 e. The Balaban J connectivity index is 0.00000180. The van der Waals surface area contributed by atoms with Gasteiger partial charge in [-0.25, -0.2) is 0 Å². The summed E-state index contributed by atoms with van der Waals surface area (Å²) in [4.78, 5) is 2.45. The van der Waals surface area contributed by atoms with Crippen molar-refractivity contribution in [1.29, 1.82) is 0 Å². The van der Waals surface area contributed by atoms with Gasteiger partial charge in [-0.15, -0.1) is 12.4 Å². The van der Waals surface area contributed by atoms with E-state index in [0.29, 0.717) is 6.04 Å². The molecule has 0 radical (unpaired) electrons. The number of hydrogen-bond donors (Lipinski definition) is 1. The summed E-state index contributed by atoms with van der Waals surface area (Å²) in [6.45, 7) is 6.39. The molecule has 1 aliphatic rings. The molecule has 4 nitrogen and oxygen atoms in total. The maximum atomic E-state index is 5.30. The van der Waals surface area contributed by atoms with E-state index in [4.69, 9.17) is 9.47 Å². The highest BCUT2D eigenvalue weighted by Crippen LogP contribution is 2.23. The summed E-state index contributed by atoms with van der Waals surface area (Å²) >= 11 is 0. The monoisotopic (exact) mass is 286 g/mol. The van der Waals surface area contributed by atoms with Gasteiger partial charge in [0, 0.05) is 38.3 Å². The van der Waals surface area contributed by atoms with Crippen LogP contribution in [-0.2, 0) is 6.54 Å². The first-order valence-corrected chi connectivity index (χ1v) is 6.39. The molecular formula is C14H23ClN2O2. The highest BCUT2D eigenvalue weighted by atomic mass is 35.5. The molecule has 5 heteroatoms. The Labute approximate surface area is 121 Å². The third-order valence-electron chi connectivity index (χ3n) is 3.27. The number of hydrogen-bond acceptors (Lipinski definition) is 4. The number of nitrogens with zero attached hydrogens (tertiary/aromatic N) is 1. The molecule has 0 saturated carbocycles. The summed E-state index contributed by atoms with van der Waals surface area (Å²) in [6, 6.07) is 6.63. The van der Waals surface area contributed by atoms with Crippen molar-refractivity contribution in [3.63, 3.8) is 0 Å². The van der Waals surface area contributed by atoms with Crippen molar-refractivity contribution < 1.29 is 9.47 Å². The number of piperazine rings is 1. The van der Waals surface area contributed by atoms with E-state index in [1.165, 1.54) is 5.56 Å². The number of ether oxygens (including phenoxy) is 2. The van der Waals surface area contributed by atoms with Crippen LogP contribution >= 0.6 is 12.4 Å². The summed E-state index contributed by atoms with van der Waals surface area (Å²) in [7, 11) is 3.37. The van der Waals surface area contributed by atoms with Crippen LogP contribution in [0, 0.1) is 0 Å². The first-order chi connectivity index (χ1) is 8.71. The quantitative estimate of drug-likeness (QED) is 0.917. The minimum atomic E-state index is 0. The molecule has 0 unspecified atom stereocenters. The van der Waals surface area contributed by atoms with Gasteiger partial charge in [-0.05, 0) is 24.6 Å². The van der Waals surface area contributed by atoms with E-state index in [9.17, 15) is 0 Å². The lowest BCUT2D eigenvalue weighted by Gasteiger charge is -2.31. The number of rotatable bonds is 4. The van der Waals surface area contributed by atoms with Gasteiger partial charge < -0.3 is 14.8 Å². The summed E-state index contributed by atoms with van der Waals surface area (Å²) in [5.41, 5.74) is 1.24. The van der Waals surface area contributed by atoms with Crippen LogP contribution in [0.4, 0.5) is 0 Å². The maximum Gasteiger partial charge on any atom is 0.122 e. The minimum absolute atomic E-state index is 0. The molecule has 108 valence electrons. The van der Waals surface area contributed by atoms with E-state index in [0.717, 1.165) is 37.7 Å². The van der Waals surface area contributed by atoms with Crippen LogP contribution in [-0.4, -0.2) is 44.8 Å². The van der Waals surface area contributed by atoms with Crippen molar-refractivity contribution in [1.82, 2.24) is 10.2 Å². The Morgan fingerprint density at radius 3 is 2.37 bits per heavy atom. The molecule has 1 aromatic carbocycles. The molecule has 2 rings (SSSR count). The zero-order chi connectivity index (χ0) is 13.0. The van der Waals surface area contributed by atoms with Crippen LogP contribution in [0.2, 0.25) is 0 Å². The SMILES string of the molecule is COc1cc(CN2CCN[C@H](C)C2)cc(OC)c1.Cl. The van der Waals surface area contributed by atoms with Crippen LogP contribution in [0.3, 0.4) is 0 Å². The van der Waals surface area contributed by atoms with Crippen molar-refractivity contribution >= 4 is 12.4 Å². The summed E-state index contributed by atoms with van der Waals surface area (Å²) < 4.78 is 10.6. The van der Waals surface area contributed by atoms with E-state index >= 15 is 0 Å². The van der Waals surface area contributed by atoms with E-state index < -0.39 is 0 Å². The van der Waals surface area contributed by atoms with E-state index in [2.05, 4.69) is 29.3 Å². The van der Waals surface area contributed by atoms with Crippen molar-refractivity contribution in [3.05, 3.63) is 23.8 Å². The molecular weight excluding hydrogens is 264 g/mol. The first-order valence-electron chi connectivity index (χ1n) is 6.39. The molecule has 1 atom stereocenters. The van der Waals surface area contributed by atoms with E-state index in [1.54, 1.807) is 14.2 Å². The Hall–Kier alpha value is -0.970. The normalized spacial score (nSPS) is 19.6. The average molecular weight is 287 g/mol. The van der Waals surface area contributed by atoms with Crippen LogP contribution in [0.15, 0.2) is 18.2 Å². The van der Waals surface area contributed by atoms with Gasteiger partial charge >= 0.3 is 0 Å². The summed E-state index contributed by atoms with van der Waals surface area (Å²) in [5, 5.41) is 3.45. The molecule has 1 aromatic rings. The molecule has 0 amide bonds. The molecule has 0 aromatic heterocycles. The number of benzene rings is 1. The molecule has 1 N–H and O–H groups in total. The third-order valence-corrected chi connectivity index (χ3v) is 3.27. The van der Waals surface area contributed by atoms with Gasteiger partial charge in [0.15, 0.2) is 0 Å². The number of halogens is 1. The number of nitrogens with one attached hydrogen (secondary N) is 1. The molecule has 0 spiro atoms. The van der Waals surface area contributed by atoms with Crippen molar-refractivity contribution in [2.24, 2.45) is 0 Å². The van der Waals surface area contributed by atoms with Gasteiger partial charge in [0.05, 0.1) is 14.2 Å². The standard InChI is InChI=1S/C14H22N2O2.ClH/c1-11-9-16(5-4-15-11)10-12-6-13(17-2)8-14(7-12)18-3;/h6-8,11,15H,4-5,9-10H2,1-3H3;1H/t11-;/m1./s1. The lowest BCUT2D eigenvalue weighted by molar-refractivity contribution is 0.199. The van der Waals surface area contributed by atoms with Gasteiger partial charge in [0.2, 0.25) is 0 Å². The Bertz CT molecular complexity index is 379. The second-order valence-corrected chi connectivity index (χ2v) is 4.81. The fraction of sp³-hybridized carbons (Fsp3) is 0.571. The first kappa shape index (κ1) is 16.1. The topological polar surface area (TPSA) is 33.7 Å². The van der Waals surface area contributed by atoms with Gasteiger partial charge in [-0.1, -0.05) is 0 Å². The Morgan fingerprint density at radius 1 is 1.21 bits per heavy atom. The van der Waals surface area contributed by atoms with E-state index in [1.807, 2.05) is 6.07 Å². The number of methoxy groups -OCH3 is 2. The molecule has 0 bridgehead atoms. The smallest absolute Gasteiger partial charge is 0.122 e. The fourth-order valence-corrected chi connectivity index (χ4v) is 2.37. The molecule has 1 aliphatic heterocycles. The highest BCUT2D eigenvalue weighted by molar-refractivity contribution is 5.85. The molecule has 0 aliphatic carbocycles. The van der Waals surface area contributed by atoms with E-state index in [-0.39, 0.29) is 12.4 Å². The predicted octanol–water partition coefficient (Wildman–Crippen LogP) is 1.92. The second kappa shape index (κ2) is 7.58. The maximum absolute atomic E-state index is 5.30. The zero-order valence-corrected chi connectivity index (χ0v) is 12.6. The third kappa shape index (κ3) is 4.56. The van der Waals surface area contributed by atoms with Crippen LogP contribution in [0.1, 0.15) is 12.5 Å². The molecule has 1 heterocycles. The van der Waals surface area contributed by atoms with Crippen LogP contribution < -0.4 is 14.8 Å². The second-order valence-electron chi connectivity index (χ2n) is 4.81. The average Bonchev–Trinajstić information content (AvgIpc) is 2.38. The van der Waals surface area contributed by atoms with Crippen LogP contribution in [0.5, 0.6) is 11.5 Å². The minimum Gasteiger partial charge on any atom is -0.497 e. The lowest BCUT2D eigenvalue weighted by Crippen LogP contribution is -2.48. The van der Waals surface area contributed by atoms with Gasteiger partial charge in [0.25, 0.3) is 0 Å². The van der Waals surface area contributed by atoms with Gasteiger partial charge in [-0.2, -0.15) is 0 Å². The Morgan fingerprint density at radius 2 is 1.84 bits per heavy atom. The fourth-order valence-electron chi connectivity index (χ4n) is 2.37. The predicted molar refractivity (Wildman–Crippen MR) is 79.5 cm³/mol. The molecule has 1 saturated heterocycles. The molecule has 1 fully saturated rings. The Kier molecular flexibility index (Phi) is 6.42. The van der Waals surface area contributed by atoms with Crippen molar-refractivity contribution in [2.75, 3.05) is 33.9 Å². The zero-order valence-electron chi connectivity index (χ0n) is 11.8. The van der Waals surface area contributed by atoms with Gasteiger partial charge in [0.1, 0.15) is 11.5 Å². The summed E-state index contributed by atoms with van der Waals surface area (Å²) in [5.74, 6) is 1.71. The van der Waals surface area contributed by atoms with Gasteiger partial charge in [-0.3, -0.25) is 4.90 Å². The van der Waals surface area contributed by atoms with Crippen molar-refractivity contribution in [2.45, 2.75) is 19.5 Å². The van der Waals surface area contributed by atoms with Crippen LogP contribution in [0.25, 0.3) is 0 Å². The lowest BCUT2D eigenvalue weighted by atomic mass is 10.1. The summed E-state index contributed by atoms with van der Waals surface area (Å²) in [6.07, 6.45) is 0. The molecule has 19 heavy (non-hydrogen) atoms.